The van der Waals surface area contributed by atoms with E-state index in [4.69, 9.17) is 9.84 Å². The molecule has 0 amide bonds. The molecule has 0 saturated carbocycles. The van der Waals surface area contributed by atoms with Gasteiger partial charge in [-0.2, -0.15) is 0 Å². The lowest BCUT2D eigenvalue weighted by atomic mass is 10.4. The van der Waals surface area contributed by atoms with Crippen LogP contribution in [0.2, 0.25) is 0 Å². The Morgan fingerprint density at radius 3 is 2.00 bits per heavy atom. The van der Waals surface area contributed by atoms with Gasteiger partial charge in [-0.1, -0.05) is 13.3 Å². The highest BCUT2D eigenvalue weighted by Gasteiger charge is 1.80. The maximum Gasteiger partial charge on any atom is 0.0558 e. The average molecular weight is 177 g/mol. The Bertz CT molecular complexity index is 63.5. The third-order valence-electron chi connectivity index (χ3n) is 1.25. The van der Waals surface area contributed by atoms with Crippen molar-refractivity contribution in [2.45, 2.75) is 19.8 Å². The summed E-state index contributed by atoms with van der Waals surface area (Å²) >= 11 is 0. The highest BCUT2D eigenvalue weighted by Crippen LogP contribution is 1.83. The van der Waals surface area contributed by atoms with Crippen LogP contribution in [0.25, 0.3) is 0 Å². The normalized spacial score (nSPS) is 9.50. The Labute approximate surface area is 76.3 Å². The fourth-order valence-electron chi connectivity index (χ4n) is 0.489. The molecule has 0 aromatic heterocycles. The van der Waals surface area contributed by atoms with Crippen LogP contribution in [0.4, 0.5) is 0 Å². The van der Waals surface area contributed by atoms with Gasteiger partial charge in [0.25, 0.3) is 0 Å². The van der Waals surface area contributed by atoms with Gasteiger partial charge in [-0.25, -0.2) is 0 Å². The van der Waals surface area contributed by atoms with Crippen LogP contribution in [0.1, 0.15) is 19.8 Å². The zero-order valence-electron chi connectivity index (χ0n) is 8.84. The molecule has 0 atom stereocenters. The summed E-state index contributed by atoms with van der Waals surface area (Å²) in [6.07, 6.45) is 2.42. The molecule has 0 spiro atoms. The lowest BCUT2D eigenvalue weighted by molar-refractivity contribution is 0.194. The number of rotatable bonds is 5. The van der Waals surface area contributed by atoms with E-state index in [2.05, 4.69) is 6.92 Å². The van der Waals surface area contributed by atoms with Crippen LogP contribution in [0.5, 0.6) is 0 Å². The van der Waals surface area contributed by atoms with Crippen molar-refractivity contribution in [3.8, 4) is 0 Å². The molecule has 0 rings (SSSR count). The second-order valence-electron chi connectivity index (χ2n) is 2.87. The highest BCUT2D eigenvalue weighted by atomic mass is 16.5. The number of aliphatic hydroxyl groups excluding tert-OH is 1. The van der Waals surface area contributed by atoms with Crippen LogP contribution in [-0.4, -0.2) is 51.0 Å². The number of hydrogen-bond acceptors (Lipinski definition) is 3. The Kier molecular flexibility index (Phi) is 16.2. The molecule has 0 aliphatic carbocycles. The van der Waals surface area contributed by atoms with E-state index in [0.29, 0.717) is 0 Å². The summed E-state index contributed by atoms with van der Waals surface area (Å²) < 4.78 is 4.78. The monoisotopic (exact) mass is 177 g/mol. The maximum atomic E-state index is 8.20. The number of aliphatic hydroxyl groups is 1. The van der Waals surface area contributed by atoms with Crippen LogP contribution in [0, 0.1) is 0 Å². The van der Waals surface area contributed by atoms with Crippen LogP contribution < -0.4 is 0 Å². The fourth-order valence-corrected chi connectivity index (χ4v) is 0.489. The van der Waals surface area contributed by atoms with Crippen molar-refractivity contribution >= 4 is 0 Å². The van der Waals surface area contributed by atoms with Crippen molar-refractivity contribution in [1.29, 1.82) is 0 Å². The zero-order chi connectivity index (χ0) is 9.82. The van der Waals surface area contributed by atoms with Gasteiger partial charge in [0.1, 0.15) is 0 Å². The number of methoxy groups -OCH3 is 1. The Balaban J connectivity index is 0. The van der Waals surface area contributed by atoms with E-state index in [1.54, 1.807) is 7.11 Å². The molecule has 0 bridgehead atoms. The minimum Gasteiger partial charge on any atom is -0.395 e. The first-order chi connectivity index (χ1) is 5.68. The summed E-state index contributed by atoms with van der Waals surface area (Å²) in [5, 5.41) is 8.20. The van der Waals surface area contributed by atoms with E-state index in [9.17, 15) is 0 Å². The van der Waals surface area contributed by atoms with Gasteiger partial charge in [0.15, 0.2) is 0 Å². The molecule has 0 saturated heterocycles. The van der Waals surface area contributed by atoms with Crippen LogP contribution in [0.3, 0.4) is 0 Å². The predicted octanol–water partition coefficient (Wildman–Crippen LogP) is 0.973. The molecular formula is C9H23NO2. The largest absolute Gasteiger partial charge is 0.395 e. The Morgan fingerprint density at radius 1 is 1.33 bits per heavy atom. The standard InChI is InChI=1S/C5H12O.C4H11NO/c1-3-4-5-6-2;1-5(2)3-4-6/h3-5H2,1-2H3;6H,3-4H2,1-2H3. The first-order valence-electron chi connectivity index (χ1n) is 4.43. The molecule has 3 nitrogen and oxygen atoms in total. The molecule has 3 heteroatoms. The van der Waals surface area contributed by atoms with Crippen LogP contribution >= 0.6 is 0 Å². The summed E-state index contributed by atoms with van der Waals surface area (Å²) in [6.45, 7) is 4.09. The van der Waals surface area contributed by atoms with Crippen molar-refractivity contribution < 1.29 is 9.84 Å². The van der Waals surface area contributed by atoms with Gasteiger partial charge in [-0.3, -0.25) is 0 Å². The van der Waals surface area contributed by atoms with E-state index in [-0.39, 0.29) is 6.61 Å². The third kappa shape index (κ3) is 22.5. The van der Waals surface area contributed by atoms with Gasteiger partial charge in [0.2, 0.25) is 0 Å². The Morgan fingerprint density at radius 2 is 1.92 bits per heavy atom. The van der Waals surface area contributed by atoms with Gasteiger partial charge in [0.05, 0.1) is 6.61 Å². The Hall–Kier alpha value is -0.120. The highest BCUT2D eigenvalue weighted by molar-refractivity contribution is 4.34. The summed E-state index contributed by atoms with van der Waals surface area (Å²) in [6, 6.07) is 0. The molecule has 0 aromatic rings. The third-order valence-corrected chi connectivity index (χ3v) is 1.25. The minimum atomic E-state index is 0.257. The average Bonchev–Trinajstić information content (AvgIpc) is 2.02. The van der Waals surface area contributed by atoms with E-state index >= 15 is 0 Å². The lowest BCUT2D eigenvalue weighted by Gasteiger charge is -2.03. The molecule has 0 radical (unpaired) electrons. The summed E-state index contributed by atoms with van der Waals surface area (Å²) in [4.78, 5) is 1.93. The second kappa shape index (κ2) is 13.5. The summed E-state index contributed by atoms with van der Waals surface area (Å²) in [7, 11) is 5.59. The number of likely N-dealkylation sites (N-methyl/N-ethyl adjacent to an activating group) is 1. The van der Waals surface area contributed by atoms with E-state index < -0.39 is 0 Å². The molecule has 1 N–H and O–H groups in total. The van der Waals surface area contributed by atoms with Crippen LogP contribution in [-0.2, 0) is 4.74 Å². The van der Waals surface area contributed by atoms with Crippen LogP contribution in [0.15, 0.2) is 0 Å². The smallest absolute Gasteiger partial charge is 0.0558 e. The van der Waals surface area contributed by atoms with Gasteiger partial charge < -0.3 is 14.7 Å². The van der Waals surface area contributed by atoms with Crippen molar-refractivity contribution in [3.05, 3.63) is 0 Å². The zero-order valence-corrected chi connectivity index (χ0v) is 8.84. The fraction of sp³-hybridized carbons (Fsp3) is 1.00. The molecule has 0 aliphatic heterocycles. The maximum absolute atomic E-state index is 8.20. The molecular weight excluding hydrogens is 154 g/mol. The summed E-state index contributed by atoms with van der Waals surface area (Å²) in [5.41, 5.74) is 0. The predicted molar refractivity (Wildman–Crippen MR) is 52.4 cm³/mol. The van der Waals surface area contributed by atoms with E-state index in [1.165, 1.54) is 12.8 Å². The molecule has 0 unspecified atom stereocenters. The van der Waals surface area contributed by atoms with Gasteiger partial charge in [-0.15, -0.1) is 0 Å². The quantitative estimate of drug-likeness (QED) is 0.635. The van der Waals surface area contributed by atoms with Gasteiger partial charge in [0, 0.05) is 20.3 Å². The van der Waals surface area contributed by atoms with Crippen molar-refractivity contribution in [2.75, 3.05) is 41.0 Å². The van der Waals surface area contributed by atoms with Gasteiger partial charge in [-0.05, 0) is 20.5 Å². The lowest BCUT2D eigenvalue weighted by Crippen LogP contribution is -2.15. The first-order valence-corrected chi connectivity index (χ1v) is 4.43. The summed E-state index contributed by atoms with van der Waals surface area (Å²) in [5.74, 6) is 0. The van der Waals surface area contributed by atoms with Crippen molar-refractivity contribution in [3.63, 3.8) is 0 Å². The number of ether oxygens (including phenoxy) is 1. The number of hydrogen-bond donors (Lipinski definition) is 1. The second-order valence-corrected chi connectivity index (χ2v) is 2.87. The van der Waals surface area contributed by atoms with E-state index in [0.717, 1.165) is 13.2 Å². The topological polar surface area (TPSA) is 32.7 Å². The number of nitrogens with zero attached hydrogens (tertiary/aromatic N) is 1. The number of unbranched alkanes of at least 4 members (excludes halogenated alkanes) is 1. The molecule has 0 fully saturated rings. The molecule has 0 aliphatic rings. The van der Waals surface area contributed by atoms with E-state index in [1.807, 2.05) is 19.0 Å². The first kappa shape index (κ1) is 14.4. The van der Waals surface area contributed by atoms with Gasteiger partial charge >= 0.3 is 0 Å². The SMILES string of the molecule is CCCCOC.CN(C)CCO. The minimum absolute atomic E-state index is 0.257. The van der Waals surface area contributed by atoms with Crippen molar-refractivity contribution in [1.82, 2.24) is 4.90 Å². The van der Waals surface area contributed by atoms with Crippen molar-refractivity contribution in [2.24, 2.45) is 0 Å². The molecule has 0 aromatic carbocycles. The molecule has 12 heavy (non-hydrogen) atoms. The molecule has 76 valence electrons. The molecule has 0 heterocycles.